The van der Waals surface area contributed by atoms with E-state index in [0.717, 1.165) is 16.7 Å². The first-order valence-electron chi connectivity index (χ1n) is 4.16. The van der Waals surface area contributed by atoms with Crippen molar-refractivity contribution in [1.29, 1.82) is 0 Å². The highest BCUT2D eigenvalue weighted by Gasteiger charge is 2.13. The molecule has 0 amide bonds. The molecule has 0 aliphatic carbocycles. The lowest BCUT2D eigenvalue weighted by atomic mass is 10.1. The van der Waals surface area contributed by atoms with E-state index < -0.39 is 0 Å². The molecule has 0 spiro atoms. The predicted molar refractivity (Wildman–Crippen MR) is 48.2 cm³/mol. The number of benzene rings is 2. The molecule has 2 heteroatoms. The Balaban J connectivity index is 2.36. The first-order valence-corrected chi connectivity index (χ1v) is 4.16. The molecule has 63 valence electrons. The minimum absolute atomic E-state index is 0.542. The molecule has 0 saturated carbocycles. The van der Waals surface area contributed by atoms with Crippen LogP contribution in [0.3, 0.4) is 0 Å². The maximum atomic E-state index is 5.00. The standard InChI is InChI=1S/C11H7O2/c1-2-4-9-6-11-10(7-12-13-11)5-8(9)3-1/h2-6H,7H2. The average molecular weight is 171 g/mol. The zero-order chi connectivity index (χ0) is 8.67. The summed E-state index contributed by atoms with van der Waals surface area (Å²) < 4.78 is 0. The van der Waals surface area contributed by atoms with E-state index in [4.69, 9.17) is 9.78 Å². The summed E-state index contributed by atoms with van der Waals surface area (Å²) in [7, 11) is 0. The van der Waals surface area contributed by atoms with Crippen molar-refractivity contribution in [3.05, 3.63) is 42.0 Å². The van der Waals surface area contributed by atoms with Gasteiger partial charge in [-0.2, -0.15) is 4.89 Å². The Labute approximate surface area is 75.6 Å². The zero-order valence-corrected chi connectivity index (χ0v) is 6.91. The Morgan fingerprint density at radius 3 is 3.23 bits per heavy atom. The van der Waals surface area contributed by atoms with Crippen LogP contribution in [-0.2, 0) is 11.5 Å². The summed E-state index contributed by atoms with van der Waals surface area (Å²) in [5.41, 5.74) is 1.10. The van der Waals surface area contributed by atoms with Crippen molar-refractivity contribution < 1.29 is 9.78 Å². The molecule has 1 heterocycles. The molecule has 0 aromatic heterocycles. The van der Waals surface area contributed by atoms with Crippen molar-refractivity contribution in [3.8, 4) is 5.75 Å². The van der Waals surface area contributed by atoms with Crippen molar-refractivity contribution in [1.82, 2.24) is 0 Å². The van der Waals surface area contributed by atoms with Gasteiger partial charge >= 0.3 is 0 Å². The van der Waals surface area contributed by atoms with E-state index in [9.17, 15) is 0 Å². The van der Waals surface area contributed by atoms with Crippen LogP contribution < -0.4 is 4.89 Å². The molecule has 0 saturated heterocycles. The monoisotopic (exact) mass is 171 g/mol. The van der Waals surface area contributed by atoms with Gasteiger partial charge in [-0.3, -0.25) is 0 Å². The zero-order valence-electron chi connectivity index (χ0n) is 6.91. The molecule has 2 nitrogen and oxygen atoms in total. The minimum Gasteiger partial charge on any atom is -0.337 e. The third kappa shape index (κ3) is 0.993. The molecule has 2 aromatic rings. The van der Waals surface area contributed by atoms with E-state index in [1.807, 2.05) is 24.3 Å². The molecule has 3 rings (SSSR count). The van der Waals surface area contributed by atoms with Gasteiger partial charge in [0.05, 0.1) is 0 Å². The lowest BCUT2D eigenvalue weighted by Gasteiger charge is -1.98. The van der Waals surface area contributed by atoms with Gasteiger partial charge in [0.1, 0.15) is 6.61 Å². The highest BCUT2D eigenvalue weighted by atomic mass is 17.2. The van der Waals surface area contributed by atoms with Crippen LogP contribution in [0.5, 0.6) is 5.75 Å². The van der Waals surface area contributed by atoms with Crippen LogP contribution >= 0.6 is 0 Å². The molecule has 0 bridgehead atoms. The van der Waals surface area contributed by atoms with E-state index in [2.05, 4.69) is 12.1 Å². The molecule has 0 atom stereocenters. The van der Waals surface area contributed by atoms with E-state index in [1.54, 1.807) is 0 Å². The molecule has 0 N–H and O–H groups in total. The van der Waals surface area contributed by atoms with Gasteiger partial charge < -0.3 is 4.89 Å². The van der Waals surface area contributed by atoms with Gasteiger partial charge in [0, 0.05) is 5.56 Å². The van der Waals surface area contributed by atoms with Crippen molar-refractivity contribution in [3.63, 3.8) is 0 Å². The summed E-state index contributed by atoms with van der Waals surface area (Å²) in [6.07, 6.45) is 0. The molecular weight excluding hydrogens is 164 g/mol. The topological polar surface area (TPSA) is 18.5 Å². The Hall–Kier alpha value is -1.54. The summed E-state index contributed by atoms with van der Waals surface area (Å²) in [4.78, 5) is 9.87. The Bertz CT molecular complexity index is 420. The van der Waals surface area contributed by atoms with Crippen molar-refractivity contribution in [2.45, 2.75) is 6.61 Å². The second kappa shape index (κ2) is 2.47. The normalized spacial score (nSPS) is 14.2. The number of rotatable bonds is 0. The van der Waals surface area contributed by atoms with Crippen molar-refractivity contribution in [2.75, 3.05) is 0 Å². The van der Waals surface area contributed by atoms with Gasteiger partial charge in [0.25, 0.3) is 0 Å². The van der Waals surface area contributed by atoms with Gasteiger partial charge in [-0.1, -0.05) is 12.1 Å². The minimum atomic E-state index is 0.542. The smallest absolute Gasteiger partial charge is 0.171 e. The molecule has 1 aliphatic rings. The first-order chi connectivity index (χ1) is 6.43. The summed E-state index contributed by atoms with van der Waals surface area (Å²) in [6, 6.07) is 13.0. The second-order valence-electron chi connectivity index (χ2n) is 3.08. The fraction of sp³-hybridized carbons (Fsp3) is 0.0909. The summed E-state index contributed by atoms with van der Waals surface area (Å²) in [6.45, 7) is 0.542. The van der Waals surface area contributed by atoms with Crippen molar-refractivity contribution in [2.24, 2.45) is 0 Å². The molecule has 2 aromatic carbocycles. The maximum Gasteiger partial charge on any atom is 0.171 e. The van der Waals surface area contributed by atoms with E-state index in [-0.39, 0.29) is 0 Å². The predicted octanol–water partition coefficient (Wildman–Crippen LogP) is 2.46. The van der Waals surface area contributed by atoms with Crippen LogP contribution in [0.1, 0.15) is 5.56 Å². The molecule has 0 unspecified atom stereocenters. The molecular formula is C11H7O2. The van der Waals surface area contributed by atoms with Gasteiger partial charge in [0.2, 0.25) is 0 Å². The summed E-state index contributed by atoms with van der Waals surface area (Å²) >= 11 is 0. The Morgan fingerprint density at radius 2 is 2.23 bits per heavy atom. The second-order valence-corrected chi connectivity index (χ2v) is 3.08. The molecule has 1 aliphatic heterocycles. The number of fused-ring (bicyclic) bond motifs is 2. The van der Waals surface area contributed by atoms with Crippen LogP contribution in [0.25, 0.3) is 10.8 Å². The van der Waals surface area contributed by atoms with Crippen LogP contribution in [0.2, 0.25) is 0 Å². The van der Waals surface area contributed by atoms with Gasteiger partial charge in [-0.25, -0.2) is 0 Å². The summed E-state index contributed by atoms with van der Waals surface area (Å²) in [5, 5.41) is 2.33. The van der Waals surface area contributed by atoms with Crippen LogP contribution in [0, 0.1) is 6.07 Å². The largest absolute Gasteiger partial charge is 0.337 e. The van der Waals surface area contributed by atoms with E-state index >= 15 is 0 Å². The quantitative estimate of drug-likeness (QED) is 0.567. The van der Waals surface area contributed by atoms with E-state index in [1.165, 1.54) is 5.39 Å². The van der Waals surface area contributed by atoms with Crippen LogP contribution in [-0.4, -0.2) is 0 Å². The number of hydrogen-bond donors (Lipinski definition) is 0. The third-order valence-electron chi connectivity index (χ3n) is 2.23. The highest BCUT2D eigenvalue weighted by Crippen LogP contribution is 2.30. The third-order valence-corrected chi connectivity index (χ3v) is 2.23. The maximum absolute atomic E-state index is 5.00. The van der Waals surface area contributed by atoms with Gasteiger partial charge in [-0.05, 0) is 35.0 Å². The van der Waals surface area contributed by atoms with E-state index in [0.29, 0.717) is 6.61 Å². The Kier molecular flexibility index (Phi) is 1.32. The van der Waals surface area contributed by atoms with Crippen molar-refractivity contribution >= 4 is 10.8 Å². The van der Waals surface area contributed by atoms with Gasteiger partial charge in [-0.15, -0.1) is 0 Å². The van der Waals surface area contributed by atoms with Crippen LogP contribution in [0.15, 0.2) is 30.3 Å². The SMILES string of the molecule is [c]1ccc2cc3c(cc2c1)COO3. The van der Waals surface area contributed by atoms with Crippen LogP contribution in [0.4, 0.5) is 0 Å². The molecule has 0 fully saturated rings. The molecule has 13 heavy (non-hydrogen) atoms. The summed E-state index contributed by atoms with van der Waals surface area (Å²) in [5.74, 6) is 0.832. The average Bonchev–Trinajstić information content (AvgIpc) is 2.61. The Morgan fingerprint density at radius 1 is 1.23 bits per heavy atom. The highest BCUT2D eigenvalue weighted by molar-refractivity contribution is 5.84. The number of hydrogen-bond acceptors (Lipinski definition) is 2. The lowest BCUT2D eigenvalue weighted by molar-refractivity contribution is -0.194. The lowest BCUT2D eigenvalue weighted by Crippen LogP contribution is -1.81. The fourth-order valence-corrected chi connectivity index (χ4v) is 1.55. The molecule has 1 radical (unpaired) electrons. The first kappa shape index (κ1) is 6.92. The fourth-order valence-electron chi connectivity index (χ4n) is 1.55. The van der Waals surface area contributed by atoms with Gasteiger partial charge in [0.15, 0.2) is 5.75 Å².